The highest BCUT2D eigenvalue weighted by atomic mass is 16.5. The molecule has 1 aliphatic rings. The van der Waals surface area contributed by atoms with E-state index in [9.17, 15) is 14.7 Å². The van der Waals surface area contributed by atoms with Crippen LogP contribution in [0.5, 0.6) is 0 Å². The fourth-order valence-electron chi connectivity index (χ4n) is 0.900. The molecule has 0 amide bonds. The van der Waals surface area contributed by atoms with Crippen molar-refractivity contribution in [3.63, 3.8) is 0 Å². The van der Waals surface area contributed by atoms with E-state index in [1.54, 1.807) is 6.92 Å². The Labute approximate surface area is 63.5 Å². The average molecular weight is 155 g/mol. The highest BCUT2D eigenvalue weighted by Crippen LogP contribution is 2.16. The van der Waals surface area contributed by atoms with E-state index in [0.29, 0.717) is 5.57 Å². The smallest absolute Gasteiger partial charge is 0.331 e. The van der Waals surface area contributed by atoms with Gasteiger partial charge in [-0.05, 0) is 12.5 Å². The Morgan fingerprint density at radius 3 is 2.82 bits per heavy atom. The van der Waals surface area contributed by atoms with Crippen LogP contribution in [-0.2, 0) is 14.3 Å². The molecule has 60 valence electrons. The van der Waals surface area contributed by atoms with Gasteiger partial charge in [-0.15, -0.1) is 0 Å². The van der Waals surface area contributed by atoms with E-state index >= 15 is 0 Å². The molecule has 0 fully saturated rings. The van der Waals surface area contributed by atoms with Gasteiger partial charge in [0, 0.05) is 18.5 Å². The standard InChI is InChI=1S/C7H8O4/c1-4-2-7(10)11-5(4)3-6(8)9/h2,5H,3H2,1H3,(H,8,9)/p-1/t5-/m0/s1. The van der Waals surface area contributed by atoms with Gasteiger partial charge in [-0.25, -0.2) is 4.79 Å². The number of rotatable bonds is 2. The molecule has 0 bridgehead atoms. The fraction of sp³-hybridized carbons (Fsp3) is 0.429. The third-order valence-electron chi connectivity index (χ3n) is 1.46. The molecule has 0 aromatic rings. The van der Waals surface area contributed by atoms with Crippen molar-refractivity contribution in [2.24, 2.45) is 0 Å². The quantitative estimate of drug-likeness (QED) is 0.479. The van der Waals surface area contributed by atoms with Crippen molar-refractivity contribution in [1.29, 1.82) is 0 Å². The summed E-state index contributed by atoms with van der Waals surface area (Å²) in [6.07, 6.45) is 0.411. The Bertz CT molecular complexity index is 229. The molecule has 0 aliphatic carbocycles. The first kappa shape index (κ1) is 7.78. The Kier molecular flexibility index (Phi) is 1.94. The third-order valence-corrected chi connectivity index (χ3v) is 1.46. The number of carbonyl (C=O) groups is 2. The lowest BCUT2D eigenvalue weighted by Crippen LogP contribution is -2.28. The van der Waals surface area contributed by atoms with Gasteiger partial charge in [-0.1, -0.05) is 0 Å². The number of ether oxygens (including phenoxy) is 1. The van der Waals surface area contributed by atoms with Gasteiger partial charge in [0.2, 0.25) is 0 Å². The molecule has 0 aromatic carbocycles. The second-order valence-corrected chi connectivity index (χ2v) is 2.39. The molecule has 4 heteroatoms. The van der Waals surface area contributed by atoms with E-state index in [1.165, 1.54) is 6.08 Å². The Morgan fingerprint density at radius 2 is 2.45 bits per heavy atom. The molecule has 0 spiro atoms. The van der Waals surface area contributed by atoms with Crippen LogP contribution in [0.15, 0.2) is 11.6 Å². The number of aliphatic carboxylic acids is 1. The Morgan fingerprint density at radius 1 is 1.82 bits per heavy atom. The Hall–Kier alpha value is -1.32. The van der Waals surface area contributed by atoms with Crippen molar-refractivity contribution in [3.8, 4) is 0 Å². The molecule has 0 aromatic heterocycles. The lowest BCUT2D eigenvalue weighted by molar-refractivity contribution is -0.306. The van der Waals surface area contributed by atoms with Gasteiger partial charge in [0.15, 0.2) is 0 Å². The first-order valence-electron chi connectivity index (χ1n) is 3.18. The van der Waals surface area contributed by atoms with E-state index in [-0.39, 0.29) is 6.42 Å². The van der Waals surface area contributed by atoms with Gasteiger partial charge >= 0.3 is 5.97 Å². The molecule has 1 aliphatic heterocycles. The zero-order valence-electron chi connectivity index (χ0n) is 5.99. The second-order valence-electron chi connectivity index (χ2n) is 2.39. The molecule has 11 heavy (non-hydrogen) atoms. The molecule has 0 N–H and O–H groups in total. The van der Waals surface area contributed by atoms with Crippen molar-refractivity contribution in [2.45, 2.75) is 19.4 Å². The number of hydrogen-bond acceptors (Lipinski definition) is 4. The van der Waals surface area contributed by atoms with Crippen LogP contribution in [0.3, 0.4) is 0 Å². The van der Waals surface area contributed by atoms with E-state index in [2.05, 4.69) is 4.74 Å². The maximum Gasteiger partial charge on any atom is 0.331 e. The van der Waals surface area contributed by atoms with E-state index < -0.39 is 18.0 Å². The zero-order chi connectivity index (χ0) is 8.43. The van der Waals surface area contributed by atoms with Crippen LogP contribution in [0.1, 0.15) is 13.3 Å². The molecule has 0 unspecified atom stereocenters. The molecule has 1 atom stereocenters. The largest absolute Gasteiger partial charge is 0.550 e. The van der Waals surface area contributed by atoms with Gasteiger partial charge in [0.25, 0.3) is 0 Å². The minimum atomic E-state index is -1.21. The fourth-order valence-corrected chi connectivity index (χ4v) is 0.900. The second kappa shape index (κ2) is 2.74. The van der Waals surface area contributed by atoms with Gasteiger partial charge in [-0.2, -0.15) is 0 Å². The summed E-state index contributed by atoms with van der Waals surface area (Å²) in [5.74, 6) is -1.69. The molecule has 0 saturated carbocycles. The predicted molar refractivity (Wildman–Crippen MR) is 33.3 cm³/mol. The maximum atomic E-state index is 10.5. The number of hydrogen-bond donors (Lipinski definition) is 0. The molecule has 4 nitrogen and oxygen atoms in total. The molecule has 0 radical (unpaired) electrons. The normalized spacial score (nSPS) is 22.8. The van der Waals surface area contributed by atoms with Crippen molar-refractivity contribution in [3.05, 3.63) is 11.6 Å². The lowest BCUT2D eigenvalue weighted by Gasteiger charge is -2.11. The summed E-state index contributed by atoms with van der Waals surface area (Å²) in [4.78, 5) is 20.6. The molecule has 1 heterocycles. The topological polar surface area (TPSA) is 66.4 Å². The average Bonchev–Trinajstić information content (AvgIpc) is 2.09. The number of cyclic esters (lactones) is 1. The summed E-state index contributed by atoms with van der Waals surface area (Å²) in [6.45, 7) is 1.65. The number of carbonyl (C=O) groups excluding carboxylic acids is 2. The first-order valence-corrected chi connectivity index (χ1v) is 3.18. The molecular formula is C7H7O4-. The summed E-state index contributed by atoms with van der Waals surface area (Å²) >= 11 is 0. The summed E-state index contributed by atoms with van der Waals surface area (Å²) < 4.78 is 4.63. The minimum absolute atomic E-state index is 0.256. The van der Waals surface area contributed by atoms with Crippen LogP contribution in [0.2, 0.25) is 0 Å². The molecule has 1 rings (SSSR count). The maximum absolute atomic E-state index is 10.5. The van der Waals surface area contributed by atoms with Gasteiger partial charge < -0.3 is 14.6 Å². The molecule has 0 saturated heterocycles. The van der Waals surface area contributed by atoms with Crippen LogP contribution in [0, 0.1) is 0 Å². The summed E-state index contributed by atoms with van der Waals surface area (Å²) in [5.41, 5.74) is 0.638. The highest BCUT2D eigenvalue weighted by Gasteiger charge is 2.22. The highest BCUT2D eigenvalue weighted by molar-refractivity contribution is 5.86. The van der Waals surface area contributed by atoms with Gasteiger partial charge in [0.05, 0.1) is 0 Å². The van der Waals surface area contributed by atoms with Crippen molar-refractivity contribution >= 4 is 11.9 Å². The molecular weight excluding hydrogens is 148 g/mol. The SMILES string of the molecule is CC1=CC(=O)O[C@H]1CC(=O)[O-]. The summed E-state index contributed by atoms with van der Waals surface area (Å²) in [6, 6.07) is 0. The van der Waals surface area contributed by atoms with Crippen LogP contribution in [0.4, 0.5) is 0 Å². The summed E-state index contributed by atoms with van der Waals surface area (Å²) in [5, 5.41) is 10.1. The van der Waals surface area contributed by atoms with Crippen LogP contribution in [-0.4, -0.2) is 18.0 Å². The monoisotopic (exact) mass is 155 g/mol. The number of carboxylic acids is 1. The third kappa shape index (κ3) is 1.80. The summed E-state index contributed by atoms with van der Waals surface area (Å²) in [7, 11) is 0. The first-order chi connectivity index (χ1) is 5.09. The van der Waals surface area contributed by atoms with E-state index in [1.807, 2.05) is 0 Å². The van der Waals surface area contributed by atoms with E-state index in [0.717, 1.165) is 0 Å². The van der Waals surface area contributed by atoms with Gasteiger partial charge in [0.1, 0.15) is 6.10 Å². The Balaban J connectivity index is 2.57. The number of esters is 1. The number of carboxylic acid groups (broad SMARTS) is 1. The van der Waals surface area contributed by atoms with Crippen LogP contribution >= 0.6 is 0 Å². The lowest BCUT2D eigenvalue weighted by atomic mass is 10.1. The minimum Gasteiger partial charge on any atom is -0.550 e. The zero-order valence-corrected chi connectivity index (χ0v) is 5.99. The van der Waals surface area contributed by atoms with Gasteiger partial charge in [-0.3, -0.25) is 0 Å². The van der Waals surface area contributed by atoms with Crippen molar-refractivity contribution in [1.82, 2.24) is 0 Å². The van der Waals surface area contributed by atoms with E-state index in [4.69, 9.17) is 0 Å². The van der Waals surface area contributed by atoms with Crippen LogP contribution < -0.4 is 5.11 Å². The predicted octanol–water partition coefficient (Wildman–Crippen LogP) is -1.00. The van der Waals surface area contributed by atoms with Crippen molar-refractivity contribution < 1.29 is 19.4 Å². The van der Waals surface area contributed by atoms with Crippen molar-refractivity contribution in [2.75, 3.05) is 0 Å². The van der Waals surface area contributed by atoms with Crippen LogP contribution in [0.25, 0.3) is 0 Å².